The number of hydrogen-bond acceptors (Lipinski definition) is 1. The van der Waals surface area contributed by atoms with Crippen molar-refractivity contribution in [3.63, 3.8) is 0 Å². The third-order valence-electron chi connectivity index (χ3n) is 2.97. The standard InChI is InChI=1S/C14H25N/c1-10(2)12-7-8-13(11(3)4)15-14(5,6)9-12/h7-8,10-11,15H,9H2,1-6H3. The molecule has 0 saturated carbocycles. The van der Waals surface area contributed by atoms with Gasteiger partial charge in [0.05, 0.1) is 0 Å². The molecule has 1 heterocycles. The largest absolute Gasteiger partial charge is 0.383 e. The maximum Gasteiger partial charge on any atom is 0.0351 e. The SMILES string of the molecule is CC(C)C1=CC=C(C(C)C)NC(C)(C)C1. The van der Waals surface area contributed by atoms with Gasteiger partial charge in [0.2, 0.25) is 0 Å². The van der Waals surface area contributed by atoms with E-state index in [0.717, 1.165) is 6.42 Å². The number of allylic oxidation sites excluding steroid dienone is 3. The molecule has 1 aliphatic rings. The van der Waals surface area contributed by atoms with Gasteiger partial charge in [0.25, 0.3) is 0 Å². The molecule has 0 radical (unpaired) electrons. The van der Waals surface area contributed by atoms with Gasteiger partial charge in [0.1, 0.15) is 0 Å². The van der Waals surface area contributed by atoms with Crippen molar-refractivity contribution in [2.24, 2.45) is 11.8 Å². The lowest BCUT2D eigenvalue weighted by Gasteiger charge is -2.30. The Bertz CT molecular complexity index is 252. The minimum atomic E-state index is 0.183. The molecule has 0 aromatic carbocycles. The Hall–Kier alpha value is -0.720. The number of nitrogens with one attached hydrogen (secondary N) is 1. The van der Waals surface area contributed by atoms with Crippen LogP contribution in [0, 0.1) is 11.8 Å². The van der Waals surface area contributed by atoms with Gasteiger partial charge in [-0.05, 0) is 38.2 Å². The van der Waals surface area contributed by atoms with Crippen LogP contribution in [-0.2, 0) is 0 Å². The van der Waals surface area contributed by atoms with E-state index in [9.17, 15) is 0 Å². The van der Waals surface area contributed by atoms with Crippen LogP contribution in [0.3, 0.4) is 0 Å². The van der Waals surface area contributed by atoms with Crippen molar-refractivity contribution in [3.8, 4) is 0 Å². The lowest BCUT2D eigenvalue weighted by molar-refractivity contribution is 0.397. The number of hydrogen-bond donors (Lipinski definition) is 1. The zero-order chi connectivity index (χ0) is 11.6. The Labute approximate surface area is 94.6 Å². The summed E-state index contributed by atoms with van der Waals surface area (Å²) in [6.45, 7) is 13.6. The van der Waals surface area contributed by atoms with Gasteiger partial charge in [-0.25, -0.2) is 0 Å². The van der Waals surface area contributed by atoms with E-state index in [-0.39, 0.29) is 5.54 Å². The second kappa shape index (κ2) is 4.42. The summed E-state index contributed by atoms with van der Waals surface area (Å²) in [7, 11) is 0. The first-order valence-electron chi connectivity index (χ1n) is 6.00. The van der Waals surface area contributed by atoms with Crippen LogP contribution in [0.2, 0.25) is 0 Å². The van der Waals surface area contributed by atoms with E-state index in [1.165, 1.54) is 5.70 Å². The maximum atomic E-state index is 3.65. The minimum absolute atomic E-state index is 0.183. The average molecular weight is 207 g/mol. The van der Waals surface area contributed by atoms with Crippen molar-refractivity contribution in [1.82, 2.24) is 5.32 Å². The molecule has 15 heavy (non-hydrogen) atoms. The molecule has 1 aliphatic heterocycles. The summed E-state index contributed by atoms with van der Waals surface area (Å²) in [6.07, 6.45) is 5.70. The fourth-order valence-electron chi connectivity index (χ4n) is 1.98. The third-order valence-corrected chi connectivity index (χ3v) is 2.97. The van der Waals surface area contributed by atoms with Crippen LogP contribution in [0.15, 0.2) is 23.4 Å². The summed E-state index contributed by atoms with van der Waals surface area (Å²) >= 11 is 0. The third kappa shape index (κ3) is 3.40. The molecule has 1 heteroatoms. The highest BCUT2D eigenvalue weighted by molar-refractivity contribution is 5.25. The second-order valence-corrected chi connectivity index (χ2v) is 5.86. The van der Waals surface area contributed by atoms with Gasteiger partial charge in [-0.2, -0.15) is 0 Å². The van der Waals surface area contributed by atoms with Crippen molar-refractivity contribution in [2.75, 3.05) is 0 Å². The Morgan fingerprint density at radius 2 is 1.67 bits per heavy atom. The lowest BCUT2D eigenvalue weighted by Crippen LogP contribution is -2.39. The molecule has 0 saturated heterocycles. The molecular formula is C14H25N. The summed E-state index contributed by atoms with van der Waals surface area (Å²) in [5.41, 5.74) is 3.08. The van der Waals surface area contributed by atoms with Gasteiger partial charge in [0.15, 0.2) is 0 Å². The van der Waals surface area contributed by atoms with E-state index < -0.39 is 0 Å². The second-order valence-electron chi connectivity index (χ2n) is 5.86. The first kappa shape index (κ1) is 12.4. The molecule has 86 valence electrons. The van der Waals surface area contributed by atoms with Crippen molar-refractivity contribution < 1.29 is 0 Å². The lowest BCUT2D eigenvalue weighted by atomic mass is 9.89. The van der Waals surface area contributed by atoms with Crippen LogP contribution in [0.25, 0.3) is 0 Å². The Balaban J connectivity index is 2.97. The molecule has 0 atom stereocenters. The maximum absolute atomic E-state index is 3.65. The zero-order valence-electron chi connectivity index (χ0n) is 11.0. The summed E-state index contributed by atoms with van der Waals surface area (Å²) in [5, 5.41) is 3.65. The molecule has 0 unspecified atom stereocenters. The van der Waals surface area contributed by atoms with Gasteiger partial charge in [-0.15, -0.1) is 0 Å². The highest BCUT2D eigenvalue weighted by Gasteiger charge is 2.24. The first-order valence-corrected chi connectivity index (χ1v) is 6.00. The molecule has 0 aliphatic carbocycles. The predicted octanol–water partition coefficient (Wildman–Crippen LogP) is 3.88. The molecule has 0 amide bonds. The predicted molar refractivity (Wildman–Crippen MR) is 67.7 cm³/mol. The Morgan fingerprint density at radius 3 is 2.13 bits per heavy atom. The topological polar surface area (TPSA) is 12.0 Å². The van der Waals surface area contributed by atoms with Crippen LogP contribution in [0.5, 0.6) is 0 Å². The monoisotopic (exact) mass is 207 g/mol. The zero-order valence-corrected chi connectivity index (χ0v) is 11.0. The molecule has 0 spiro atoms. The fraction of sp³-hybridized carbons (Fsp3) is 0.714. The van der Waals surface area contributed by atoms with Gasteiger partial charge >= 0.3 is 0 Å². The van der Waals surface area contributed by atoms with Crippen LogP contribution in [0.4, 0.5) is 0 Å². The Kier molecular flexibility index (Phi) is 3.64. The van der Waals surface area contributed by atoms with Crippen molar-refractivity contribution in [3.05, 3.63) is 23.4 Å². The van der Waals surface area contributed by atoms with E-state index in [1.54, 1.807) is 5.57 Å². The van der Waals surface area contributed by atoms with E-state index in [0.29, 0.717) is 11.8 Å². The van der Waals surface area contributed by atoms with Gasteiger partial charge in [-0.3, -0.25) is 0 Å². The molecular weight excluding hydrogens is 182 g/mol. The average Bonchev–Trinajstić information content (AvgIpc) is 2.23. The first-order chi connectivity index (χ1) is 6.82. The quantitative estimate of drug-likeness (QED) is 0.724. The molecule has 0 bridgehead atoms. The molecule has 0 fully saturated rings. The van der Waals surface area contributed by atoms with E-state index in [2.05, 4.69) is 59.0 Å². The van der Waals surface area contributed by atoms with Gasteiger partial charge < -0.3 is 5.32 Å². The molecule has 0 aromatic heterocycles. The van der Waals surface area contributed by atoms with Crippen LogP contribution >= 0.6 is 0 Å². The van der Waals surface area contributed by atoms with Crippen LogP contribution in [-0.4, -0.2) is 5.54 Å². The van der Waals surface area contributed by atoms with Crippen LogP contribution in [0.1, 0.15) is 48.0 Å². The van der Waals surface area contributed by atoms with Crippen molar-refractivity contribution in [1.29, 1.82) is 0 Å². The van der Waals surface area contributed by atoms with E-state index >= 15 is 0 Å². The van der Waals surface area contributed by atoms with E-state index in [1.807, 2.05) is 0 Å². The normalized spacial score (nSPS) is 20.8. The number of rotatable bonds is 2. The highest BCUT2D eigenvalue weighted by atomic mass is 15.0. The summed E-state index contributed by atoms with van der Waals surface area (Å²) in [6, 6.07) is 0. The molecule has 1 nitrogen and oxygen atoms in total. The summed E-state index contributed by atoms with van der Waals surface area (Å²) in [5.74, 6) is 1.22. The van der Waals surface area contributed by atoms with Crippen LogP contribution < -0.4 is 5.32 Å². The van der Waals surface area contributed by atoms with Crippen molar-refractivity contribution >= 4 is 0 Å². The molecule has 1 rings (SSSR count). The molecule has 1 N–H and O–H groups in total. The minimum Gasteiger partial charge on any atom is -0.383 e. The van der Waals surface area contributed by atoms with Gasteiger partial charge in [0, 0.05) is 11.2 Å². The molecule has 0 aromatic rings. The van der Waals surface area contributed by atoms with Crippen molar-refractivity contribution in [2.45, 2.75) is 53.5 Å². The summed E-state index contributed by atoms with van der Waals surface area (Å²) in [4.78, 5) is 0. The Morgan fingerprint density at radius 1 is 1.07 bits per heavy atom. The fourth-order valence-corrected chi connectivity index (χ4v) is 1.98. The van der Waals surface area contributed by atoms with Gasteiger partial charge in [-0.1, -0.05) is 39.3 Å². The highest BCUT2D eigenvalue weighted by Crippen LogP contribution is 2.27. The summed E-state index contributed by atoms with van der Waals surface area (Å²) < 4.78 is 0. The smallest absolute Gasteiger partial charge is 0.0351 e. The van der Waals surface area contributed by atoms with E-state index in [4.69, 9.17) is 0 Å².